The van der Waals surface area contributed by atoms with Crippen molar-refractivity contribution in [2.75, 3.05) is 24.6 Å². The zero-order valence-corrected chi connectivity index (χ0v) is 24.6. The van der Waals surface area contributed by atoms with E-state index in [9.17, 15) is 22.7 Å². The van der Waals surface area contributed by atoms with Crippen LogP contribution in [0.3, 0.4) is 0 Å². The van der Waals surface area contributed by atoms with Crippen LogP contribution in [0.1, 0.15) is 19.4 Å². The molecular weight excluding hydrogens is 648 g/mol. The lowest BCUT2D eigenvalue weighted by molar-refractivity contribution is -0.0498. The van der Waals surface area contributed by atoms with Crippen LogP contribution in [-0.4, -0.2) is 96.1 Å². The largest absolute Gasteiger partial charge is 0.472 e. The Bertz CT molecular complexity index is 2010. The Morgan fingerprint density at radius 3 is 2.53 bits per heavy atom. The van der Waals surface area contributed by atoms with Crippen LogP contribution in [0.15, 0.2) is 23.8 Å². The Morgan fingerprint density at radius 2 is 1.76 bits per heavy atom. The summed E-state index contributed by atoms with van der Waals surface area (Å²) in [5.41, 5.74) is 11.0. The number of imidazole rings is 2. The molecule has 4 aromatic heterocycles. The number of nitrogens with two attached hydrogens (primary N) is 2. The number of aromatic amines is 1. The molecule has 3 saturated heterocycles. The van der Waals surface area contributed by atoms with Gasteiger partial charge in [-0.25, -0.2) is 33.1 Å². The van der Waals surface area contributed by atoms with Crippen molar-refractivity contribution in [2.45, 2.75) is 50.0 Å². The Morgan fingerprint density at radius 1 is 1.04 bits per heavy atom. The number of phosphoric acid groups is 1. The zero-order chi connectivity index (χ0) is 31.8. The molecule has 7 heterocycles. The van der Waals surface area contributed by atoms with Gasteiger partial charge in [0.25, 0.3) is 5.56 Å². The molecule has 24 heteroatoms. The van der Waals surface area contributed by atoms with E-state index >= 15 is 4.39 Å². The summed E-state index contributed by atoms with van der Waals surface area (Å²) < 4.78 is 87.8. The van der Waals surface area contributed by atoms with Crippen molar-refractivity contribution in [3.63, 3.8) is 0 Å². The molecule has 45 heavy (non-hydrogen) atoms. The van der Waals surface area contributed by atoms with Crippen molar-refractivity contribution >= 4 is 52.2 Å². The van der Waals surface area contributed by atoms with E-state index in [4.69, 9.17) is 34.2 Å². The molecule has 4 aromatic rings. The van der Waals surface area contributed by atoms with Crippen LogP contribution in [0.2, 0.25) is 0 Å². The van der Waals surface area contributed by atoms with Crippen molar-refractivity contribution < 1.29 is 45.0 Å². The number of aromatic nitrogens is 8. The van der Waals surface area contributed by atoms with Crippen molar-refractivity contribution in [3.8, 4) is 0 Å². The minimum Gasteiger partial charge on any atom is -0.382 e. The second kappa shape index (κ2) is 10.7. The molecule has 0 radical (unpaired) electrons. The molecule has 9 atom stereocenters. The van der Waals surface area contributed by atoms with Crippen LogP contribution in [0, 0.1) is 5.92 Å². The summed E-state index contributed by atoms with van der Waals surface area (Å²) in [6.07, 6.45) is -7.10. The number of alkyl halides is 1. The number of fused-ring (bicyclic) bond motifs is 5. The summed E-state index contributed by atoms with van der Waals surface area (Å²) in [5, 5.41) is 0. The SMILES string of the molecule is C[C@H]1[C@H]2OS(=O)(=O)NC[C@H]3O[C@@H](n4cnc5c(N)ncnc54)[C@@H](F)[C@@H]3OP(=O)(O)OC[C@H]1O[C@H]2n1cnc2c(=O)[nH]c(N)nc21. The van der Waals surface area contributed by atoms with Gasteiger partial charge >= 0.3 is 18.1 Å². The minimum atomic E-state index is -5.02. The van der Waals surface area contributed by atoms with E-state index in [1.165, 1.54) is 21.8 Å². The molecule has 0 saturated carbocycles. The summed E-state index contributed by atoms with van der Waals surface area (Å²) >= 11 is 0. The molecule has 7 N–H and O–H groups in total. The van der Waals surface area contributed by atoms with Crippen LogP contribution in [0.5, 0.6) is 0 Å². The third kappa shape index (κ3) is 5.24. The predicted octanol–water partition coefficient (Wildman–Crippen LogP) is -1.37. The van der Waals surface area contributed by atoms with E-state index in [-0.39, 0.29) is 34.1 Å². The molecular formula is C21H25FN11O10PS. The van der Waals surface area contributed by atoms with Crippen molar-refractivity contribution in [1.82, 2.24) is 43.8 Å². The number of rotatable bonds is 2. The Hall–Kier alpha value is -3.67. The number of hydrogen-bond donors (Lipinski definition) is 5. The van der Waals surface area contributed by atoms with Gasteiger partial charge in [0, 0.05) is 12.5 Å². The molecule has 0 aromatic carbocycles. The number of nitrogens with zero attached hydrogens (tertiary/aromatic N) is 7. The van der Waals surface area contributed by atoms with Gasteiger partial charge < -0.3 is 25.8 Å². The summed E-state index contributed by atoms with van der Waals surface area (Å²) in [5.74, 6) is -1.02. The fourth-order valence-corrected chi connectivity index (χ4v) is 7.47. The van der Waals surface area contributed by atoms with Gasteiger partial charge in [-0.15, -0.1) is 0 Å². The van der Waals surface area contributed by atoms with Crippen LogP contribution >= 0.6 is 7.82 Å². The highest BCUT2D eigenvalue weighted by molar-refractivity contribution is 7.84. The maximum Gasteiger partial charge on any atom is 0.472 e. The first-order valence-corrected chi connectivity index (χ1v) is 16.2. The number of H-pyrrole nitrogens is 1. The molecule has 0 aliphatic carbocycles. The smallest absolute Gasteiger partial charge is 0.382 e. The van der Waals surface area contributed by atoms with E-state index in [0.29, 0.717) is 0 Å². The highest BCUT2D eigenvalue weighted by Crippen LogP contribution is 2.50. The standard InChI is InChI=1S/C21H25FN11O10PS/c1-7-9-3-39-44(35,36)42-14-8(40-19(10(14)22)32-5-27-11-15(23)25-4-26-16(11)32)2-29-45(37,38)43-13(7)20(41-9)33-6-28-12-17(33)30-21(24)31-18(12)34/h4-10,13-14,19-20,29H,2-3H2,1H3,(H,35,36)(H2,23,25,26)(H3,24,30,31,34)/t7-,8-,9-,10+,13-,14-,19-,20-/m1/s1. The molecule has 2 bridgehead atoms. The van der Waals surface area contributed by atoms with Gasteiger partial charge in [0.15, 0.2) is 41.3 Å². The molecule has 7 rings (SSSR count). The summed E-state index contributed by atoms with van der Waals surface area (Å²) in [7, 11) is -9.67. The number of ether oxygens (including phenoxy) is 2. The summed E-state index contributed by atoms with van der Waals surface area (Å²) in [4.78, 5) is 45.3. The minimum absolute atomic E-state index is 0.0169. The Balaban J connectivity index is 1.21. The molecule has 0 amide bonds. The van der Waals surface area contributed by atoms with E-state index in [2.05, 4.69) is 34.6 Å². The second-order valence-corrected chi connectivity index (χ2v) is 13.3. The molecule has 21 nitrogen and oxygen atoms in total. The van der Waals surface area contributed by atoms with Gasteiger partial charge in [-0.1, -0.05) is 6.92 Å². The second-order valence-electron chi connectivity index (χ2n) is 10.5. The molecule has 3 aliphatic heterocycles. The normalized spacial score (nSPS) is 35.5. The van der Waals surface area contributed by atoms with Gasteiger partial charge in [0.05, 0.1) is 25.4 Å². The van der Waals surface area contributed by atoms with Gasteiger partial charge in [-0.3, -0.25) is 28.0 Å². The highest BCUT2D eigenvalue weighted by Gasteiger charge is 2.53. The quantitative estimate of drug-likeness (QED) is 0.153. The van der Waals surface area contributed by atoms with Crippen LogP contribution in [0.4, 0.5) is 16.2 Å². The van der Waals surface area contributed by atoms with Gasteiger partial charge in [0.2, 0.25) is 5.95 Å². The number of halogens is 1. The number of phosphoric ester groups is 1. The van der Waals surface area contributed by atoms with E-state index < -0.39 is 85.8 Å². The zero-order valence-electron chi connectivity index (χ0n) is 22.9. The van der Waals surface area contributed by atoms with Gasteiger partial charge in [0.1, 0.15) is 30.2 Å². The Kier molecular flexibility index (Phi) is 7.14. The maximum atomic E-state index is 15.9. The van der Waals surface area contributed by atoms with Crippen LogP contribution in [-0.2, 0) is 37.6 Å². The lowest BCUT2D eigenvalue weighted by atomic mass is 10.0. The molecule has 1 unspecified atom stereocenters. The van der Waals surface area contributed by atoms with Crippen molar-refractivity contribution in [1.29, 1.82) is 0 Å². The van der Waals surface area contributed by atoms with E-state index in [1.54, 1.807) is 6.92 Å². The number of nitrogen functional groups attached to an aromatic ring is 2. The van der Waals surface area contributed by atoms with Crippen molar-refractivity contribution in [2.24, 2.45) is 5.92 Å². The monoisotopic (exact) mass is 673 g/mol. The molecule has 3 aliphatic rings. The summed E-state index contributed by atoms with van der Waals surface area (Å²) in [6, 6.07) is 0. The first kappa shape index (κ1) is 30.0. The van der Waals surface area contributed by atoms with E-state index in [1.807, 2.05) is 0 Å². The first-order valence-electron chi connectivity index (χ1n) is 13.3. The highest BCUT2D eigenvalue weighted by atomic mass is 32.2. The number of nitrogens with one attached hydrogen (secondary N) is 2. The van der Waals surface area contributed by atoms with Crippen molar-refractivity contribution in [3.05, 3.63) is 29.3 Å². The topological polar surface area (TPSA) is 289 Å². The average molecular weight is 674 g/mol. The first-order chi connectivity index (χ1) is 21.3. The van der Waals surface area contributed by atoms with Gasteiger partial charge in [-0.2, -0.15) is 18.1 Å². The fourth-order valence-electron chi connectivity index (χ4n) is 5.51. The number of anilines is 2. The fraction of sp³-hybridized carbons (Fsp3) is 0.524. The third-order valence-electron chi connectivity index (χ3n) is 7.71. The van der Waals surface area contributed by atoms with E-state index in [0.717, 1.165) is 6.33 Å². The summed E-state index contributed by atoms with van der Waals surface area (Å²) in [6.45, 7) is 0.282. The molecule has 242 valence electrons. The molecule has 3 fully saturated rings. The van der Waals surface area contributed by atoms with Crippen LogP contribution in [0.25, 0.3) is 22.3 Å². The third-order valence-corrected chi connectivity index (χ3v) is 9.69. The number of hydrogen-bond acceptors (Lipinski definition) is 16. The average Bonchev–Trinajstić information content (AvgIpc) is 3.72. The van der Waals surface area contributed by atoms with Crippen LogP contribution < -0.4 is 21.7 Å². The lowest BCUT2D eigenvalue weighted by Crippen LogP contribution is -2.42. The maximum absolute atomic E-state index is 15.9. The molecule has 0 spiro atoms. The van der Waals surface area contributed by atoms with Gasteiger partial charge in [-0.05, 0) is 0 Å². The lowest BCUT2D eigenvalue weighted by Gasteiger charge is -2.24. The Labute approximate surface area is 250 Å². The predicted molar refractivity (Wildman–Crippen MR) is 147 cm³/mol.